The van der Waals surface area contributed by atoms with E-state index in [-0.39, 0.29) is 17.3 Å². The second kappa shape index (κ2) is 4.85. The van der Waals surface area contributed by atoms with Crippen molar-refractivity contribution in [1.29, 1.82) is 0 Å². The number of rotatable bonds is 2. The van der Waals surface area contributed by atoms with E-state index < -0.39 is 0 Å². The molecule has 1 atom stereocenters. The lowest BCUT2D eigenvalue weighted by Gasteiger charge is -2.18. The van der Waals surface area contributed by atoms with Crippen molar-refractivity contribution in [3.8, 4) is 5.75 Å². The smallest absolute Gasteiger partial charge is 0.123 e. The van der Waals surface area contributed by atoms with E-state index in [9.17, 15) is 4.39 Å². The highest BCUT2D eigenvalue weighted by molar-refractivity contribution is 5.47. The molecule has 1 heterocycles. The maximum absolute atomic E-state index is 13.6. The molecular weight excluding hydrogens is 265 g/mol. The van der Waals surface area contributed by atoms with Crippen molar-refractivity contribution >= 4 is 0 Å². The standard InChI is InChI=1S/C18H20FNO/c1-11-6-13(8-14(19)7-11)17(20)12-4-5-16-15(9-12)18(2,3)10-21-16/h4-9,17H,10,20H2,1-3H3. The fraction of sp³-hybridized carbons (Fsp3) is 0.333. The van der Waals surface area contributed by atoms with Crippen LogP contribution in [0, 0.1) is 12.7 Å². The molecule has 2 N–H and O–H groups in total. The third-order valence-corrected chi connectivity index (χ3v) is 4.10. The highest BCUT2D eigenvalue weighted by Crippen LogP contribution is 2.40. The van der Waals surface area contributed by atoms with Crippen molar-refractivity contribution in [3.63, 3.8) is 0 Å². The molecule has 3 rings (SSSR count). The number of fused-ring (bicyclic) bond motifs is 1. The van der Waals surface area contributed by atoms with Gasteiger partial charge in [-0.15, -0.1) is 0 Å². The Morgan fingerprint density at radius 1 is 1.14 bits per heavy atom. The molecule has 0 radical (unpaired) electrons. The Morgan fingerprint density at radius 2 is 1.90 bits per heavy atom. The van der Waals surface area contributed by atoms with Gasteiger partial charge in [0.1, 0.15) is 11.6 Å². The van der Waals surface area contributed by atoms with Crippen LogP contribution in [0.5, 0.6) is 5.75 Å². The van der Waals surface area contributed by atoms with Gasteiger partial charge < -0.3 is 10.5 Å². The van der Waals surface area contributed by atoms with Crippen LogP contribution in [-0.2, 0) is 5.41 Å². The topological polar surface area (TPSA) is 35.2 Å². The molecule has 0 aliphatic carbocycles. The average Bonchev–Trinajstić information content (AvgIpc) is 2.72. The minimum Gasteiger partial charge on any atom is -0.492 e. The highest BCUT2D eigenvalue weighted by Gasteiger charge is 2.32. The van der Waals surface area contributed by atoms with Crippen LogP contribution in [0.2, 0.25) is 0 Å². The largest absolute Gasteiger partial charge is 0.492 e. The molecule has 0 bridgehead atoms. The van der Waals surface area contributed by atoms with Gasteiger partial charge in [0.25, 0.3) is 0 Å². The zero-order valence-electron chi connectivity index (χ0n) is 12.6. The normalized spacial score (nSPS) is 17.2. The van der Waals surface area contributed by atoms with Crippen molar-refractivity contribution in [1.82, 2.24) is 0 Å². The van der Waals surface area contributed by atoms with E-state index in [0.29, 0.717) is 6.61 Å². The van der Waals surface area contributed by atoms with Crippen molar-refractivity contribution < 1.29 is 9.13 Å². The fourth-order valence-corrected chi connectivity index (χ4v) is 2.87. The van der Waals surface area contributed by atoms with E-state index in [1.54, 1.807) is 0 Å². The van der Waals surface area contributed by atoms with Gasteiger partial charge in [-0.05, 0) is 47.9 Å². The van der Waals surface area contributed by atoms with Gasteiger partial charge in [-0.1, -0.05) is 26.0 Å². The molecule has 2 nitrogen and oxygen atoms in total. The minimum atomic E-state index is -0.332. The molecule has 21 heavy (non-hydrogen) atoms. The molecule has 0 saturated carbocycles. The predicted molar refractivity (Wildman–Crippen MR) is 82.1 cm³/mol. The van der Waals surface area contributed by atoms with Crippen LogP contribution in [0.15, 0.2) is 36.4 Å². The molecule has 110 valence electrons. The van der Waals surface area contributed by atoms with Crippen LogP contribution in [0.1, 0.15) is 42.1 Å². The van der Waals surface area contributed by atoms with Crippen LogP contribution in [0.25, 0.3) is 0 Å². The lowest BCUT2D eigenvalue weighted by atomic mass is 9.85. The third kappa shape index (κ3) is 2.54. The number of benzene rings is 2. The Hall–Kier alpha value is -1.87. The quantitative estimate of drug-likeness (QED) is 0.909. The third-order valence-electron chi connectivity index (χ3n) is 4.10. The zero-order valence-corrected chi connectivity index (χ0v) is 12.6. The van der Waals surface area contributed by atoms with Gasteiger partial charge in [0, 0.05) is 11.0 Å². The summed E-state index contributed by atoms with van der Waals surface area (Å²) in [6.45, 7) is 6.86. The molecule has 0 amide bonds. The van der Waals surface area contributed by atoms with Gasteiger partial charge in [-0.3, -0.25) is 0 Å². The SMILES string of the molecule is Cc1cc(F)cc(C(N)c2ccc3c(c2)C(C)(C)CO3)c1. The lowest BCUT2D eigenvalue weighted by molar-refractivity contribution is 0.291. The Morgan fingerprint density at radius 3 is 2.62 bits per heavy atom. The van der Waals surface area contributed by atoms with Crippen LogP contribution >= 0.6 is 0 Å². The summed E-state index contributed by atoms with van der Waals surface area (Å²) in [6, 6.07) is 10.6. The van der Waals surface area contributed by atoms with E-state index in [4.69, 9.17) is 10.5 Å². The number of aryl methyl sites for hydroxylation is 1. The summed E-state index contributed by atoms with van der Waals surface area (Å²) in [6.07, 6.45) is 0. The predicted octanol–water partition coefficient (Wildman–Crippen LogP) is 3.85. The lowest BCUT2D eigenvalue weighted by Crippen LogP contribution is -2.19. The molecule has 1 aliphatic heterocycles. The first kappa shape index (κ1) is 14.1. The summed E-state index contributed by atoms with van der Waals surface area (Å²) in [4.78, 5) is 0. The van der Waals surface area contributed by atoms with Crippen LogP contribution < -0.4 is 10.5 Å². The fourth-order valence-electron chi connectivity index (χ4n) is 2.87. The highest BCUT2D eigenvalue weighted by atomic mass is 19.1. The number of nitrogens with two attached hydrogens (primary N) is 1. The Labute approximate surface area is 124 Å². The Kier molecular flexibility index (Phi) is 3.25. The number of hydrogen-bond acceptors (Lipinski definition) is 2. The summed E-state index contributed by atoms with van der Waals surface area (Å²) >= 11 is 0. The van der Waals surface area contributed by atoms with Gasteiger partial charge in [-0.25, -0.2) is 4.39 Å². The molecular formula is C18H20FNO. The molecule has 1 unspecified atom stereocenters. The number of hydrogen-bond donors (Lipinski definition) is 1. The Balaban J connectivity index is 2.01. The van der Waals surface area contributed by atoms with Gasteiger partial charge >= 0.3 is 0 Å². The number of halogens is 1. The van der Waals surface area contributed by atoms with Gasteiger partial charge in [0.2, 0.25) is 0 Å². The maximum Gasteiger partial charge on any atom is 0.123 e. The Bertz CT molecular complexity index is 673. The molecule has 2 aromatic rings. The van der Waals surface area contributed by atoms with Crippen molar-refractivity contribution in [2.45, 2.75) is 32.2 Å². The second-order valence-electron chi connectivity index (χ2n) is 6.47. The number of ether oxygens (including phenoxy) is 1. The summed E-state index contributed by atoms with van der Waals surface area (Å²) in [5, 5.41) is 0. The van der Waals surface area contributed by atoms with Crippen molar-refractivity contribution in [3.05, 3.63) is 64.5 Å². The van der Waals surface area contributed by atoms with Crippen LogP contribution in [-0.4, -0.2) is 6.61 Å². The summed E-state index contributed by atoms with van der Waals surface area (Å²) in [5.74, 6) is 0.677. The molecule has 0 saturated heterocycles. The van der Waals surface area contributed by atoms with Gasteiger partial charge in [0.05, 0.1) is 12.6 Å². The molecule has 0 fully saturated rings. The van der Waals surface area contributed by atoms with E-state index >= 15 is 0 Å². The second-order valence-corrected chi connectivity index (χ2v) is 6.47. The van der Waals surface area contributed by atoms with E-state index in [2.05, 4.69) is 19.9 Å². The first-order chi connectivity index (χ1) is 9.87. The average molecular weight is 285 g/mol. The molecule has 2 aromatic carbocycles. The molecule has 0 spiro atoms. The summed E-state index contributed by atoms with van der Waals surface area (Å²) in [7, 11) is 0. The van der Waals surface area contributed by atoms with Crippen LogP contribution in [0.3, 0.4) is 0 Å². The maximum atomic E-state index is 13.6. The van der Waals surface area contributed by atoms with E-state index in [1.807, 2.05) is 25.1 Å². The van der Waals surface area contributed by atoms with E-state index in [0.717, 1.165) is 22.4 Å². The molecule has 3 heteroatoms. The first-order valence-electron chi connectivity index (χ1n) is 7.17. The molecule has 1 aliphatic rings. The van der Waals surface area contributed by atoms with Crippen molar-refractivity contribution in [2.75, 3.05) is 6.61 Å². The van der Waals surface area contributed by atoms with Gasteiger partial charge in [-0.2, -0.15) is 0 Å². The monoisotopic (exact) mass is 285 g/mol. The molecule has 0 aromatic heterocycles. The van der Waals surface area contributed by atoms with Gasteiger partial charge in [0.15, 0.2) is 0 Å². The van der Waals surface area contributed by atoms with Crippen LogP contribution in [0.4, 0.5) is 4.39 Å². The zero-order chi connectivity index (χ0) is 15.2. The summed E-state index contributed by atoms with van der Waals surface area (Å²) < 4.78 is 19.3. The minimum absolute atomic E-state index is 0.0110. The van der Waals surface area contributed by atoms with Crippen molar-refractivity contribution in [2.24, 2.45) is 5.73 Å². The summed E-state index contributed by atoms with van der Waals surface area (Å²) in [5.41, 5.74) is 10.1. The van der Waals surface area contributed by atoms with E-state index in [1.165, 1.54) is 17.7 Å². The first-order valence-corrected chi connectivity index (χ1v) is 7.17.